The van der Waals surface area contributed by atoms with Crippen LogP contribution in [0.2, 0.25) is 0 Å². The van der Waals surface area contributed by atoms with Gasteiger partial charge in [-0.05, 0) is 61.7 Å². The van der Waals surface area contributed by atoms with E-state index in [9.17, 15) is 23.9 Å². The Labute approximate surface area is 216 Å². The Kier molecular flexibility index (Phi) is 6.50. The number of carboxylic acids is 1. The minimum Gasteiger partial charge on any atom is -0.481 e. The molecule has 0 spiro atoms. The lowest BCUT2D eigenvalue weighted by Crippen LogP contribution is -2.45. The van der Waals surface area contributed by atoms with Gasteiger partial charge in [-0.3, -0.25) is 9.36 Å². The lowest BCUT2D eigenvalue weighted by Gasteiger charge is -2.17. The summed E-state index contributed by atoms with van der Waals surface area (Å²) < 4.78 is 21.5. The number of hydrogen-bond acceptors (Lipinski definition) is 7. The molecule has 0 amide bonds. The van der Waals surface area contributed by atoms with Crippen LogP contribution in [0.5, 0.6) is 11.6 Å². The Hall–Kier alpha value is -4.80. The van der Waals surface area contributed by atoms with Gasteiger partial charge < -0.3 is 15.2 Å². The summed E-state index contributed by atoms with van der Waals surface area (Å²) in [5, 5.41) is 12.6. The number of nitrogens with one attached hydrogen (secondary N) is 1. The van der Waals surface area contributed by atoms with Crippen molar-refractivity contribution in [2.75, 3.05) is 5.32 Å². The maximum absolute atomic E-state index is 13.8. The van der Waals surface area contributed by atoms with Crippen molar-refractivity contribution in [1.82, 2.24) is 19.1 Å². The summed E-state index contributed by atoms with van der Waals surface area (Å²) in [5.74, 6) is -1.47. The molecule has 194 valence electrons. The summed E-state index contributed by atoms with van der Waals surface area (Å²) in [4.78, 5) is 46.0. The number of carbonyl (C=O) groups is 1. The third kappa shape index (κ3) is 5.17. The smallest absolute Gasteiger partial charge is 0.354 e. The quantitative estimate of drug-likeness (QED) is 0.344. The van der Waals surface area contributed by atoms with E-state index >= 15 is 0 Å². The number of ether oxygens (including phenoxy) is 1. The molecular formula is C27H24FN5O5. The van der Waals surface area contributed by atoms with E-state index in [1.54, 1.807) is 24.3 Å². The van der Waals surface area contributed by atoms with Crippen LogP contribution in [-0.2, 0) is 17.9 Å². The van der Waals surface area contributed by atoms with Gasteiger partial charge in [-0.1, -0.05) is 29.8 Å². The standard InChI is InChI=1S/C27H24FN5O5/c1-17-4-6-18(7-5-17)15-32-24(31-25(36)33(26(32)37)16-27(12-13-27)23(34)35)30-19-8-10-20(11-9-19)38-22-21(28)3-2-14-29-22/h2-11,14H,12-13,15-16H2,1H3,(H,34,35)(H,30,31,36). The molecule has 0 saturated heterocycles. The molecule has 0 bridgehead atoms. The number of anilines is 2. The van der Waals surface area contributed by atoms with Gasteiger partial charge in [0.2, 0.25) is 5.95 Å². The highest BCUT2D eigenvalue weighted by Gasteiger charge is 2.51. The lowest BCUT2D eigenvalue weighted by molar-refractivity contribution is -0.144. The van der Waals surface area contributed by atoms with Crippen LogP contribution < -0.4 is 21.4 Å². The maximum Gasteiger partial charge on any atom is 0.354 e. The maximum atomic E-state index is 13.8. The fraction of sp³-hybridized carbons (Fsp3) is 0.222. The molecule has 1 aliphatic rings. The van der Waals surface area contributed by atoms with Crippen LogP contribution in [0.3, 0.4) is 0 Å². The third-order valence-corrected chi connectivity index (χ3v) is 6.43. The number of hydrogen-bond donors (Lipinski definition) is 2. The Bertz CT molecular complexity index is 1610. The van der Waals surface area contributed by atoms with Gasteiger partial charge in [0.1, 0.15) is 5.75 Å². The molecule has 2 aromatic heterocycles. The second-order valence-corrected chi connectivity index (χ2v) is 9.29. The lowest BCUT2D eigenvalue weighted by atomic mass is 10.1. The molecule has 1 fully saturated rings. The molecular weight excluding hydrogens is 493 g/mol. The average molecular weight is 518 g/mol. The largest absolute Gasteiger partial charge is 0.481 e. The molecule has 1 aliphatic carbocycles. The summed E-state index contributed by atoms with van der Waals surface area (Å²) in [7, 11) is 0. The second kappa shape index (κ2) is 9.92. The fourth-order valence-corrected chi connectivity index (χ4v) is 3.97. The van der Waals surface area contributed by atoms with Crippen molar-refractivity contribution in [3.63, 3.8) is 0 Å². The number of benzene rings is 2. The van der Waals surface area contributed by atoms with E-state index in [0.29, 0.717) is 24.3 Å². The topological polar surface area (TPSA) is 128 Å². The van der Waals surface area contributed by atoms with Crippen LogP contribution in [-0.4, -0.2) is 30.2 Å². The van der Waals surface area contributed by atoms with Crippen molar-refractivity contribution in [1.29, 1.82) is 0 Å². The fourth-order valence-electron chi connectivity index (χ4n) is 3.97. The number of aliphatic carboxylic acids is 1. The monoisotopic (exact) mass is 517 g/mol. The molecule has 2 aromatic carbocycles. The van der Waals surface area contributed by atoms with E-state index in [1.807, 2.05) is 31.2 Å². The zero-order valence-electron chi connectivity index (χ0n) is 20.4. The van der Waals surface area contributed by atoms with Gasteiger partial charge in [0.25, 0.3) is 5.88 Å². The Balaban J connectivity index is 1.47. The van der Waals surface area contributed by atoms with E-state index in [2.05, 4.69) is 15.3 Å². The number of aromatic nitrogens is 4. The SMILES string of the molecule is Cc1ccc(Cn2c(Nc3ccc(Oc4ncccc4F)cc3)nc(=O)n(CC3(C(=O)O)CC3)c2=O)cc1. The van der Waals surface area contributed by atoms with E-state index in [4.69, 9.17) is 4.74 Å². The molecule has 0 aliphatic heterocycles. The van der Waals surface area contributed by atoms with Crippen molar-refractivity contribution in [3.8, 4) is 11.6 Å². The minimum absolute atomic E-state index is 0.00133. The van der Waals surface area contributed by atoms with Crippen molar-refractivity contribution in [2.24, 2.45) is 5.41 Å². The number of rotatable bonds is 9. The van der Waals surface area contributed by atoms with Crippen LogP contribution in [0.15, 0.2) is 76.4 Å². The van der Waals surface area contributed by atoms with Gasteiger partial charge in [-0.15, -0.1) is 0 Å². The van der Waals surface area contributed by atoms with E-state index in [-0.39, 0.29) is 24.9 Å². The molecule has 11 heteroatoms. The normalized spacial score (nSPS) is 13.6. The number of nitrogens with zero attached hydrogens (tertiary/aromatic N) is 4. The first-order chi connectivity index (χ1) is 18.2. The minimum atomic E-state index is -1.12. The Morgan fingerprint density at radius 3 is 2.42 bits per heavy atom. The van der Waals surface area contributed by atoms with Gasteiger partial charge in [0.05, 0.1) is 12.0 Å². The highest BCUT2D eigenvalue weighted by atomic mass is 19.1. The molecule has 0 radical (unpaired) electrons. The van der Waals surface area contributed by atoms with Gasteiger partial charge >= 0.3 is 17.3 Å². The van der Waals surface area contributed by atoms with Crippen LogP contribution in [0.25, 0.3) is 0 Å². The van der Waals surface area contributed by atoms with Gasteiger partial charge in [-0.25, -0.2) is 23.5 Å². The predicted molar refractivity (Wildman–Crippen MR) is 136 cm³/mol. The van der Waals surface area contributed by atoms with Crippen LogP contribution >= 0.6 is 0 Å². The number of pyridine rings is 1. The predicted octanol–water partition coefficient (Wildman–Crippen LogP) is 3.70. The van der Waals surface area contributed by atoms with E-state index in [0.717, 1.165) is 15.7 Å². The molecule has 10 nitrogen and oxygen atoms in total. The van der Waals surface area contributed by atoms with E-state index in [1.165, 1.54) is 22.9 Å². The molecule has 0 unspecified atom stereocenters. The molecule has 1 saturated carbocycles. The number of aryl methyl sites for hydroxylation is 1. The molecule has 38 heavy (non-hydrogen) atoms. The third-order valence-electron chi connectivity index (χ3n) is 6.43. The van der Waals surface area contributed by atoms with Crippen molar-refractivity contribution >= 4 is 17.6 Å². The molecule has 2 heterocycles. The summed E-state index contributed by atoms with van der Waals surface area (Å²) >= 11 is 0. The first-order valence-corrected chi connectivity index (χ1v) is 11.9. The summed E-state index contributed by atoms with van der Waals surface area (Å²) in [5.41, 5.74) is -0.281. The molecule has 4 aromatic rings. The van der Waals surface area contributed by atoms with Gasteiger partial charge in [0.15, 0.2) is 5.82 Å². The molecule has 5 rings (SSSR count). The van der Waals surface area contributed by atoms with Gasteiger partial charge in [-0.2, -0.15) is 4.98 Å². The zero-order chi connectivity index (χ0) is 26.9. The second-order valence-electron chi connectivity index (χ2n) is 9.29. The van der Waals surface area contributed by atoms with Crippen LogP contribution in [0, 0.1) is 18.2 Å². The first kappa shape index (κ1) is 24.9. The summed E-state index contributed by atoms with van der Waals surface area (Å²) in [6.07, 6.45) is 2.20. The molecule has 2 N–H and O–H groups in total. The summed E-state index contributed by atoms with van der Waals surface area (Å²) in [6, 6.07) is 16.6. The Morgan fingerprint density at radius 1 is 1.08 bits per heavy atom. The van der Waals surface area contributed by atoms with Crippen molar-refractivity contribution in [2.45, 2.75) is 32.9 Å². The van der Waals surface area contributed by atoms with E-state index < -0.39 is 28.6 Å². The molecule has 0 atom stereocenters. The summed E-state index contributed by atoms with van der Waals surface area (Å²) in [6.45, 7) is 1.81. The average Bonchev–Trinajstić information content (AvgIpc) is 3.69. The van der Waals surface area contributed by atoms with Crippen LogP contribution in [0.4, 0.5) is 16.0 Å². The zero-order valence-corrected chi connectivity index (χ0v) is 20.4. The first-order valence-electron chi connectivity index (χ1n) is 11.9. The highest BCUT2D eigenvalue weighted by Crippen LogP contribution is 2.46. The van der Waals surface area contributed by atoms with Crippen molar-refractivity contribution < 1.29 is 19.0 Å². The van der Waals surface area contributed by atoms with Crippen LogP contribution in [0.1, 0.15) is 24.0 Å². The highest BCUT2D eigenvalue weighted by molar-refractivity contribution is 5.77. The number of carboxylic acid groups (broad SMARTS) is 1. The van der Waals surface area contributed by atoms with Crippen molar-refractivity contribution in [3.05, 3.63) is 105 Å². The van der Waals surface area contributed by atoms with Gasteiger partial charge in [0, 0.05) is 18.4 Å². The number of halogens is 1. The Morgan fingerprint density at radius 2 is 1.79 bits per heavy atom.